The number of carboxylic acid groups (broad SMARTS) is 1. The SMILES string of the molecule is O=C(O)c1ccccc1C(=O)Nc1cc(Br)ccc1Cl. The van der Waals surface area contributed by atoms with Crippen molar-refractivity contribution in [1.82, 2.24) is 0 Å². The first-order chi connectivity index (χ1) is 9.49. The van der Waals surface area contributed by atoms with Gasteiger partial charge in [0.2, 0.25) is 0 Å². The van der Waals surface area contributed by atoms with Crippen molar-refractivity contribution in [1.29, 1.82) is 0 Å². The highest BCUT2D eigenvalue weighted by Crippen LogP contribution is 2.26. The smallest absolute Gasteiger partial charge is 0.336 e. The molecule has 2 N–H and O–H groups in total. The summed E-state index contributed by atoms with van der Waals surface area (Å²) in [6.45, 7) is 0. The van der Waals surface area contributed by atoms with Crippen LogP contribution in [0.3, 0.4) is 0 Å². The Bertz CT molecular complexity index is 688. The summed E-state index contributed by atoms with van der Waals surface area (Å²) in [5.41, 5.74) is 0.429. The number of carbonyl (C=O) groups excluding carboxylic acids is 1. The van der Waals surface area contributed by atoms with E-state index in [-0.39, 0.29) is 11.1 Å². The summed E-state index contributed by atoms with van der Waals surface area (Å²) in [6, 6.07) is 11.0. The van der Waals surface area contributed by atoms with Crippen LogP contribution in [-0.2, 0) is 0 Å². The van der Waals surface area contributed by atoms with Crippen LogP contribution in [0.1, 0.15) is 20.7 Å². The number of anilines is 1. The first-order valence-electron chi connectivity index (χ1n) is 5.58. The largest absolute Gasteiger partial charge is 0.478 e. The molecule has 1 amide bonds. The Morgan fingerprint density at radius 1 is 1.10 bits per heavy atom. The van der Waals surface area contributed by atoms with Crippen molar-refractivity contribution in [2.24, 2.45) is 0 Å². The lowest BCUT2D eigenvalue weighted by molar-refractivity contribution is 0.0692. The Morgan fingerprint density at radius 3 is 2.40 bits per heavy atom. The molecule has 2 aromatic rings. The molecule has 0 unspecified atom stereocenters. The van der Waals surface area contributed by atoms with Gasteiger partial charge in [0.25, 0.3) is 5.91 Å². The number of carbonyl (C=O) groups is 2. The first kappa shape index (κ1) is 14.6. The van der Waals surface area contributed by atoms with E-state index in [2.05, 4.69) is 21.2 Å². The topological polar surface area (TPSA) is 66.4 Å². The van der Waals surface area contributed by atoms with Gasteiger partial charge < -0.3 is 10.4 Å². The fraction of sp³-hybridized carbons (Fsp3) is 0. The Morgan fingerprint density at radius 2 is 1.75 bits per heavy atom. The van der Waals surface area contributed by atoms with Gasteiger partial charge in [-0.3, -0.25) is 4.79 Å². The van der Waals surface area contributed by atoms with E-state index in [1.807, 2.05) is 0 Å². The Kier molecular flexibility index (Phi) is 4.42. The van der Waals surface area contributed by atoms with Crippen LogP contribution in [0.25, 0.3) is 0 Å². The summed E-state index contributed by atoms with van der Waals surface area (Å²) in [5.74, 6) is -1.68. The lowest BCUT2D eigenvalue weighted by Crippen LogP contribution is -2.16. The summed E-state index contributed by atoms with van der Waals surface area (Å²) in [4.78, 5) is 23.2. The van der Waals surface area contributed by atoms with E-state index in [4.69, 9.17) is 16.7 Å². The third-order valence-corrected chi connectivity index (χ3v) is 3.40. The minimum atomic E-state index is -1.16. The van der Waals surface area contributed by atoms with Crippen molar-refractivity contribution >= 4 is 45.1 Å². The van der Waals surface area contributed by atoms with Crippen LogP contribution >= 0.6 is 27.5 Å². The first-order valence-corrected chi connectivity index (χ1v) is 6.75. The van der Waals surface area contributed by atoms with Gasteiger partial charge in [0.1, 0.15) is 0 Å². The third-order valence-electron chi connectivity index (χ3n) is 2.58. The maximum absolute atomic E-state index is 12.2. The van der Waals surface area contributed by atoms with Crippen molar-refractivity contribution in [3.05, 3.63) is 63.1 Å². The number of hydrogen-bond donors (Lipinski definition) is 2. The molecule has 0 radical (unpaired) electrons. The fourth-order valence-electron chi connectivity index (χ4n) is 1.65. The van der Waals surface area contributed by atoms with Crippen molar-refractivity contribution in [3.63, 3.8) is 0 Å². The molecule has 0 aromatic heterocycles. The quantitative estimate of drug-likeness (QED) is 0.874. The maximum atomic E-state index is 12.2. The molecule has 2 rings (SSSR count). The van der Waals surface area contributed by atoms with Gasteiger partial charge in [-0.15, -0.1) is 0 Å². The van der Waals surface area contributed by atoms with E-state index in [1.54, 1.807) is 30.3 Å². The zero-order chi connectivity index (χ0) is 14.7. The molecule has 0 saturated carbocycles. The monoisotopic (exact) mass is 353 g/mol. The zero-order valence-electron chi connectivity index (χ0n) is 10.1. The van der Waals surface area contributed by atoms with Gasteiger partial charge in [-0.05, 0) is 30.3 Å². The lowest BCUT2D eigenvalue weighted by Gasteiger charge is -2.09. The van der Waals surface area contributed by atoms with Gasteiger partial charge in [0.15, 0.2) is 0 Å². The molecule has 20 heavy (non-hydrogen) atoms. The molecular formula is C14H9BrClNO3. The number of amides is 1. The Hall–Kier alpha value is -1.85. The minimum Gasteiger partial charge on any atom is -0.478 e. The molecule has 0 aliphatic carbocycles. The number of halogens is 2. The number of rotatable bonds is 3. The molecule has 4 nitrogen and oxygen atoms in total. The second-order valence-electron chi connectivity index (χ2n) is 3.93. The van der Waals surface area contributed by atoms with Gasteiger partial charge in [0, 0.05) is 4.47 Å². The molecule has 0 aliphatic rings. The molecular weight excluding hydrogens is 346 g/mol. The van der Waals surface area contributed by atoms with Crippen molar-refractivity contribution in [3.8, 4) is 0 Å². The lowest BCUT2D eigenvalue weighted by atomic mass is 10.1. The number of carboxylic acids is 1. The average Bonchev–Trinajstić information content (AvgIpc) is 2.42. The second-order valence-corrected chi connectivity index (χ2v) is 5.25. The summed E-state index contributed by atoms with van der Waals surface area (Å²) in [7, 11) is 0. The van der Waals surface area contributed by atoms with Gasteiger partial charge in [0.05, 0.1) is 21.8 Å². The Labute approximate surface area is 128 Å². The van der Waals surface area contributed by atoms with E-state index < -0.39 is 11.9 Å². The number of benzene rings is 2. The summed E-state index contributed by atoms with van der Waals surface area (Å²) in [6.07, 6.45) is 0. The molecule has 0 atom stereocenters. The molecule has 102 valence electrons. The van der Waals surface area contributed by atoms with E-state index in [0.717, 1.165) is 4.47 Å². The van der Waals surface area contributed by atoms with Gasteiger partial charge in [-0.1, -0.05) is 39.7 Å². The van der Waals surface area contributed by atoms with Crippen LogP contribution in [-0.4, -0.2) is 17.0 Å². The van der Waals surface area contributed by atoms with Crippen LogP contribution in [0.2, 0.25) is 5.02 Å². The van der Waals surface area contributed by atoms with Crippen molar-refractivity contribution in [2.75, 3.05) is 5.32 Å². The third kappa shape index (κ3) is 3.18. The predicted molar refractivity (Wildman–Crippen MR) is 80.5 cm³/mol. The molecule has 0 saturated heterocycles. The summed E-state index contributed by atoms with van der Waals surface area (Å²) < 4.78 is 0.753. The number of nitrogens with one attached hydrogen (secondary N) is 1. The second kappa shape index (κ2) is 6.07. The summed E-state index contributed by atoms with van der Waals surface area (Å²) in [5, 5.41) is 12.0. The van der Waals surface area contributed by atoms with E-state index in [0.29, 0.717) is 10.7 Å². The number of aromatic carboxylic acids is 1. The van der Waals surface area contributed by atoms with E-state index in [1.165, 1.54) is 12.1 Å². The normalized spacial score (nSPS) is 10.1. The van der Waals surface area contributed by atoms with Crippen LogP contribution < -0.4 is 5.32 Å². The summed E-state index contributed by atoms with van der Waals surface area (Å²) >= 11 is 9.25. The van der Waals surface area contributed by atoms with E-state index >= 15 is 0 Å². The fourth-order valence-corrected chi connectivity index (χ4v) is 2.18. The van der Waals surface area contributed by atoms with E-state index in [9.17, 15) is 9.59 Å². The van der Waals surface area contributed by atoms with Crippen molar-refractivity contribution in [2.45, 2.75) is 0 Å². The minimum absolute atomic E-state index is 0.0591. The maximum Gasteiger partial charge on any atom is 0.336 e. The highest BCUT2D eigenvalue weighted by Gasteiger charge is 2.16. The van der Waals surface area contributed by atoms with Gasteiger partial charge in [-0.2, -0.15) is 0 Å². The molecule has 6 heteroatoms. The standard InChI is InChI=1S/C14H9BrClNO3/c15-8-5-6-11(16)12(7-8)17-13(18)9-3-1-2-4-10(9)14(19)20/h1-7H,(H,17,18)(H,19,20). The van der Waals surface area contributed by atoms with Gasteiger partial charge >= 0.3 is 5.97 Å². The van der Waals surface area contributed by atoms with Crippen LogP contribution in [0.4, 0.5) is 5.69 Å². The van der Waals surface area contributed by atoms with Crippen LogP contribution in [0.15, 0.2) is 46.9 Å². The highest BCUT2D eigenvalue weighted by molar-refractivity contribution is 9.10. The molecule has 0 fully saturated rings. The molecule has 0 bridgehead atoms. The highest BCUT2D eigenvalue weighted by atomic mass is 79.9. The molecule has 0 aliphatic heterocycles. The Balaban J connectivity index is 2.33. The van der Waals surface area contributed by atoms with Gasteiger partial charge in [-0.25, -0.2) is 4.79 Å². The van der Waals surface area contributed by atoms with Crippen LogP contribution in [0.5, 0.6) is 0 Å². The predicted octanol–water partition coefficient (Wildman–Crippen LogP) is 4.05. The zero-order valence-corrected chi connectivity index (χ0v) is 12.4. The number of hydrogen-bond acceptors (Lipinski definition) is 2. The molecule has 0 heterocycles. The average molecular weight is 355 g/mol. The van der Waals surface area contributed by atoms with Crippen molar-refractivity contribution < 1.29 is 14.7 Å². The molecule has 2 aromatic carbocycles. The van der Waals surface area contributed by atoms with Crippen LogP contribution in [0, 0.1) is 0 Å². The molecule has 0 spiro atoms.